The maximum absolute atomic E-state index is 13.3. The number of hydrogen-bond donors (Lipinski definition) is 2. The molecule has 37 heavy (non-hydrogen) atoms. The number of fused-ring (bicyclic) bond motifs is 4. The average molecular weight is 509 g/mol. The highest BCUT2D eigenvalue weighted by Crippen LogP contribution is 2.47. The third-order valence-corrected chi connectivity index (χ3v) is 7.76. The van der Waals surface area contributed by atoms with Crippen molar-refractivity contribution >= 4 is 46.4 Å². The lowest BCUT2D eigenvalue weighted by atomic mass is 9.79. The van der Waals surface area contributed by atoms with Crippen molar-refractivity contribution in [3.8, 4) is 0 Å². The Morgan fingerprint density at radius 2 is 1.89 bits per heavy atom. The van der Waals surface area contributed by atoms with Crippen LogP contribution in [0.2, 0.25) is 5.02 Å². The van der Waals surface area contributed by atoms with E-state index in [4.69, 9.17) is 11.6 Å². The maximum atomic E-state index is 13.3. The van der Waals surface area contributed by atoms with Crippen LogP contribution in [0, 0.1) is 0 Å². The number of nitrogens with one attached hydrogen (secondary N) is 2. The van der Waals surface area contributed by atoms with Crippen molar-refractivity contribution in [2.24, 2.45) is 0 Å². The van der Waals surface area contributed by atoms with Gasteiger partial charge in [0.2, 0.25) is 5.91 Å². The molecule has 1 atom stereocenters. The van der Waals surface area contributed by atoms with Crippen LogP contribution in [0.3, 0.4) is 0 Å². The quantitative estimate of drug-likeness (QED) is 0.424. The summed E-state index contributed by atoms with van der Waals surface area (Å²) >= 11 is 6.11. The molecule has 7 rings (SSSR count). The molecule has 182 valence electrons. The van der Waals surface area contributed by atoms with Gasteiger partial charge >= 0.3 is 0 Å². The smallest absolute Gasteiger partial charge is 0.277 e. The monoisotopic (exact) mass is 508 g/mol. The second-order valence-corrected chi connectivity index (χ2v) is 10.1. The highest BCUT2D eigenvalue weighted by atomic mass is 35.5. The van der Waals surface area contributed by atoms with Crippen LogP contribution in [0.1, 0.15) is 32.7 Å². The lowest BCUT2D eigenvalue weighted by molar-refractivity contribution is -0.120. The zero-order valence-corrected chi connectivity index (χ0v) is 20.4. The third-order valence-electron chi connectivity index (χ3n) is 7.52. The van der Waals surface area contributed by atoms with E-state index in [2.05, 4.69) is 31.7 Å². The number of hydrogen-bond acceptors (Lipinski definition) is 6. The minimum absolute atomic E-state index is 0.00313. The fraction of sp³-hybridized carbons (Fsp3) is 0.179. The van der Waals surface area contributed by atoms with Gasteiger partial charge in [-0.1, -0.05) is 23.7 Å². The first-order chi connectivity index (χ1) is 18.0. The molecular formula is C28H21ClN6O2. The van der Waals surface area contributed by atoms with Crippen molar-refractivity contribution in [2.75, 3.05) is 22.1 Å². The third kappa shape index (κ3) is 3.48. The standard InChI is InChI=1S/C28H21ClN6O2/c29-19-4-6-23-16(10-19)7-9-35(23)26(36)22-12-24(32-15-31-22)33-20-5-3-17-13-28(14-18(17)11-20)21-2-1-8-30-25(21)34-27(28)37/h1-6,8,10-12,15H,7,9,13-14H2,(H,30,34,37)(H,31,32,33). The van der Waals surface area contributed by atoms with E-state index in [-0.39, 0.29) is 11.8 Å². The fourth-order valence-corrected chi connectivity index (χ4v) is 5.95. The number of amides is 2. The van der Waals surface area contributed by atoms with Crippen LogP contribution in [-0.2, 0) is 29.5 Å². The minimum atomic E-state index is -0.616. The van der Waals surface area contributed by atoms with Gasteiger partial charge in [0.1, 0.15) is 23.7 Å². The number of halogens is 1. The topological polar surface area (TPSA) is 100 Å². The van der Waals surface area contributed by atoms with Crippen LogP contribution in [0.5, 0.6) is 0 Å². The highest BCUT2D eigenvalue weighted by molar-refractivity contribution is 6.30. The molecule has 2 N–H and O–H groups in total. The Hall–Kier alpha value is -4.30. The van der Waals surface area contributed by atoms with E-state index in [1.807, 2.05) is 36.4 Å². The molecule has 0 saturated carbocycles. The lowest BCUT2D eigenvalue weighted by Crippen LogP contribution is -2.35. The van der Waals surface area contributed by atoms with Gasteiger partial charge < -0.3 is 15.5 Å². The van der Waals surface area contributed by atoms with E-state index in [0.29, 0.717) is 41.7 Å². The zero-order chi connectivity index (χ0) is 25.1. The molecule has 3 aliphatic rings. The van der Waals surface area contributed by atoms with E-state index >= 15 is 0 Å². The van der Waals surface area contributed by atoms with Gasteiger partial charge in [0.25, 0.3) is 5.91 Å². The SMILES string of the molecule is O=C(c1cc(Nc2ccc3c(c2)CC2(C3)C(=O)Nc3ncccc32)ncn1)N1CCc2cc(Cl)ccc21. The highest BCUT2D eigenvalue weighted by Gasteiger charge is 2.51. The molecule has 8 nitrogen and oxygen atoms in total. The second kappa shape index (κ2) is 8.11. The Balaban J connectivity index is 1.13. The molecule has 0 radical (unpaired) electrons. The van der Waals surface area contributed by atoms with Gasteiger partial charge in [0.15, 0.2) is 0 Å². The predicted octanol–water partition coefficient (Wildman–Crippen LogP) is 4.46. The number of carbonyl (C=O) groups is 2. The number of nitrogens with zero attached hydrogens (tertiary/aromatic N) is 4. The van der Waals surface area contributed by atoms with Crippen LogP contribution in [0.15, 0.2) is 67.1 Å². The molecule has 4 aromatic rings. The molecule has 1 unspecified atom stereocenters. The molecule has 1 spiro atoms. The number of carbonyl (C=O) groups excluding carboxylic acids is 2. The van der Waals surface area contributed by atoms with Crippen LogP contribution in [0.25, 0.3) is 0 Å². The lowest BCUT2D eigenvalue weighted by Gasteiger charge is -2.20. The van der Waals surface area contributed by atoms with Crippen molar-refractivity contribution in [1.82, 2.24) is 15.0 Å². The normalized spacial score (nSPS) is 18.9. The van der Waals surface area contributed by atoms with Gasteiger partial charge in [0, 0.05) is 40.8 Å². The number of benzene rings is 2. The summed E-state index contributed by atoms with van der Waals surface area (Å²) in [6.45, 7) is 0.583. The van der Waals surface area contributed by atoms with Crippen molar-refractivity contribution in [3.63, 3.8) is 0 Å². The largest absolute Gasteiger partial charge is 0.340 e. The minimum Gasteiger partial charge on any atom is -0.340 e. The summed E-state index contributed by atoms with van der Waals surface area (Å²) in [5.41, 5.74) is 5.65. The number of anilines is 4. The van der Waals surface area contributed by atoms with Crippen LogP contribution in [0.4, 0.5) is 23.0 Å². The van der Waals surface area contributed by atoms with Crippen molar-refractivity contribution in [2.45, 2.75) is 24.7 Å². The van der Waals surface area contributed by atoms with Crippen LogP contribution < -0.4 is 15.5 Å². The molecule has 2 aromatic heterocycles. The summed E-state index contributed by atoms with van der Waals surface area (Å²) < 4.78 is 0. The van der Waals surface area contributed by atoms with E-state index in [9.17, 15) is 9.59 Å². The maximum Gasteiger partial charge on any atom is 0.277 e. The Labute approximate surface area is 217 Å². The molecule has 2 aromatic carbocycles. The van der Waals surface area contributed by atoms with Gasteiger partial charge in [-0.25, -0.2) is 15.0 Å². The van der Waals surface area contributed by atoms with E-state index in [1.54, 1.807) is 23.2 Å². The summed E-state index contributed by atoms with van der Waals surface area (Å²) in [6, 6.07) is 17.2. The van der Waals surface area contributed by atoms with Gasteiger partial charge in [-0.15, -0.1) is 0 Å². The first-order valence-electron chi connectivity index (χ1n) is 12.1. The zero-order valence-electron chi connectivity index (χ0n) is 19.7. The Kier molecular flexibility index (Phi) is 4.81. The molecule has 2 amide bonds. The van der Waals surface area contributed by atoms with E-state index in [0.717, 1.165) is 40.0 Å². The van der Waals surface area contributed by atoms with Crippen molar-refractivity contribution in [1.29, 1.82) is 0 Å². The van der Waals surface area contributed by atoms with Crippen molar-refractivity contribution < 1.29 is 9.59 Å². The fourth-order valence-electron chi connectivity index (χ4n) is 5.76. The molecule has 2 aliphatic heterocycles. The van der Waals surface area contributed by atoms with Crippen LogP contribution in [-0.4, -0.2) is 33.3 Å². The molecule has 0 saturated heterocycles. The Morgan fingerprint density at radius 3 is 2.81 bits per heavy atom. The average Bonchev–Trinajstić information content (AvgIpc) is 3.57. The number of aromatic nitrogens is 3. The van der Waals surface area contributed by atoms with Gasteiger partial charge in [-0.05, 0) is 72.4 Å². The number of rotatable bonds is 3. The van der Waals surface area contributed by atoms with Crippen LogP contribution >= 0.6 is 11.6 Å². The predicted molar refractivity (Wildman–Crippen MR) is 141 cm³/mol. The van der Waals surface area contributed by atoms with Crippen molar-refractivity contribution in [3.05, 3.63) is 100 Å². The van der Waals surface area contributed by atoms with Gasteiger partial charge in [-0.3, -0.25) is 9.59 Å². The van der Waals surface area contributed by atoms with Gasteiger partial charge in [0.05, 0.1) is 5.41 Å². The molecule has 9 heteroatoms. The van der Waals surface area contributed by atoms with Gasteiger partial charge in [-0.2, -0.15) is 0 Å². The first kappa shape index (κ1) is 21.9. The molecular weight excluding hydrogens is 488 g/mol. The Bertz CT molecular complexity index is 1620. The summed E-state index contributed by atoms with van der Waals surface area (Å²) in [6.07, 6.45) is 5.09. The summed E-state index contributed by atoms with van der Waals surface area (Å²) in [4.78, 5) is 40.9. The second-order valence-electron chi connectivity index (χ2n) is 9.67. The Morgan fingerprint density at radius 1 is 1.00 bits per heavy atom. The summed E-state index contributed by atoms with van der Waals surface area (Å²) in [5, 5.41) is 6.91. The number of pyridine rings is 1. The summed E-state index contributed by atoms with van der Waals surface area (Å²) in [7, 11) is 0. The first-order valence-corrected chi connectivity index (χ1v) is 12.5. The molecule has 0 bridgehead atoms. The molecule has 4 heterocycles. The summed E-state index contributed by atoms with van der Waals surface area (Å²) in [5.74, 6) is 0.994. The molecule has 1 aliphatic carbocycles. The van der Waals surface area contributed by atoms with E-state index < -0.39 is 5.41 Å². The van der Waals surface area contributed by atoms with E-state index in [1.165, 1.54) is 6.33 Å². The molecule has 0 fully saturated rings.